The average Bonchev–Trinajstić information content (AvgIpc) is 2.33. The van der Waals surface area contributed by atoms with E-state index in [2.05, 4.69) is 28.1 Å². The molecule has 0 aliphatic heterocycles. The molecule has 3 nitrogen and oxygen atoms in total. The lowest BCUT2D eigenvalue weighted by atomic mass is 10.1. The molecule has 5 heteroatoms. The standard InChI is InChI=1S/C12H11ClN3S/c13-11-7-6-10(8-14-11)16-12(17)15-9-4-2-1-3-5-9/h1-2,4-8H,3H2,(H2,15,16,17). The van der Waals surface area contributed by atoms with Crippen LogP contribution in [0.2, 0.25) is 5.15 Å². The minimum absolute atomic E-state index is 0.461. The zero-order chi connectivity index (χ0) is 12.1. The molecule has 2 rings (SSSR count). The van der Waals surface area contributed by atoms with E-state index in [9.17, 15) is 0 Å². The molecule has 0 unspecified atom stereocenters. The molecule has 0 saturated carbocycles. The van der Waals surface area contributed by atoms with Crippen molar-refractivity contribution in [1.82, 2.24) is 10.3 Å². The summed E-state index contributed by atoms with van der Waals surface area (Å²) < 4.78 is 0. The van der Waals surface area contributed by atoms with Gasteiger partial charge in [-0.15, -0.1) is 0 Å². The van der Waals surface area contributed by atoms with E-state index in [1.165, 1.54) is 0 Å². The van der Waals surface area contributed by atoms with E-state index in [4.69, 9.17) is 23.8 Å². The second-order valence-corrected chi connectivity index (χ2v) is 4.23. The molecule has 17 heavy (non-hydrogen) atoms. The summed E-state index contributed by atoms with van der Waals surface area (Å²) >= 11 is 10.9. The summed E-state index contributed by atoms with van der Waals surface area (Å²) in [6.07, 6.45) is 10.7. The lowest BCUT2D eigenvalue weighted by molar-refractivity contribution is 1.11. The first kappa shape index (κ1) is 12.1. The van der Waals surface area contributed by atoms with E-state index in [0.717, 1.165) is 17.8 Å². The monoisotopic (exact) mass is 264 g/mol. The largest absolute Gasteiger partial charge is 0.333 e. The molecule has 1 aliphatic rings. The number of thiocarbonyl (C=S) groups is 1. The van der Waals surface area contributed by atoms with Crippen LogP contribution in [0.25, 0.3) is 0 Å². The SMILES string of the molecule is S=C(NC1=CC[CH]C=C1)Nc1ccc(Cl)nc1. The van der Waals surface area contributed by atoms with Gasteiger partial charge in [-0.25, -0.2) is 4.98 Å². The van der Waals surface area contributed by atoms with Crippen molar-refractivity contribution in [2.45, 2.75) is 6.42 Å². The number of allylic oxidation sites excluding steroid dienone is 3. The molecule has 0 aromatic carbocycles. The topological polar surface area (TPSA) is 37.0 Å². The van der Waals surface area contributed by atoms with E-state index in [0.29, 0.717) is 10.3 Å². The Balaban J connectivity index is 1.91. The third-order valence-corrected chi connectivity index (χ3v) is 2.56. The Kier molecular flexibility index (Phi) is 4.12. The van der Waals surface area contributed by atoms with Gasteiger partial charge in [0.1, 0.15) is 5.15 Å². The molecule has 0 bridgehead atoms. The van der Waals surface area contributed by atoms with Crippen LogP contribution in [0.5, 0.6) is 0 Å². The van der Waals surface area contributed by atoms with Crippen LogP contribution in [-0.4, -0.2) is 10.1 Å². The third-order valence-electron chi connectivity index (χ3n) is 2.13. The van der Waals surface area contributed by atoms with Crippen molar-refractivity contribution in [2.75, 3.05) is 5.32 Å². The first-order valence-corrected chi connectivity index (χ1v) is 5.92. The van der Waals surface area contributed by atoms with E-state index < -0.39 is 0 Å². The van der Waals surface area contributed by atoms with Gasteiger partial charge in [0.05, 0.1) is 11.9 Å². The summed E-state index contributed by atoms with van der Waals surface area (Å²) in [5.74, 6) is 0. The van der Waals surface area contributed by atoms with Crippen LogP contribution in [0.15, 0.2) is 42.3 Å². The van der Waals surface area contributed by atoms with Crippen molar-refractivity contribution < 1.29 is 0 Å². The van der Waals surface area contributed by atoms with Gasteiger partial charge >= 0.3 is 0 Å². The first-order chi connectivity index (χ1) is 8.24. The van der Waals surface area contributed by atoms with Crippen molar-refractivity contribution >= 4 is 34.6 Å². The first-order valence-electron chi connectivity index (χ1n) is 5.13. The van der Waals surface area contributed by atoms with Gasteiger partial charge < -0.3 is 10.6 Å². The number of hydrogen-bond donors (Lipinski definition) is 2. The summed E-state index contributed by atoms with van der Waals surface area (Å²) in [6.45, 7) is 0. The predicted octanol–water partition coefficient (Wildman–Crippen LogP) is 3.07. The lowest BCUT2D eigenvalue weighted by Gasteiger charge is -2.12. The quantitative estimate of drug-likeness (QED) is 0.636. The fourth-order valence-electron chi connectivity index (χ4n) is 1.35. The molecule has 0 spiro atoms. The smallest absolute Gasteiger partial charge is 0.175 e. The lowest BCUT2D eigenvalue weighted by Crippen LogP contribution is -2.27. The number of aromatic nitrogens is 1. The van der Waals surface area contributed by atoms with Crippen molar-refractivity contribution in [3.05, 3.63) is 53.8 Å². The van der Waals surface area contributed by atoms with Crippen molar-refractivity contribution in [3.63, 3.8) is 0 Å². The molecule has 1 radical (unpaired) electrons. The van der Waals surface area contributed by atoms with E-state index >= 15 is 0 Å². The molecule has 0 saturated heterocycles. The minimum Gasteiger partial charge on any atom is -0.333 e. The maximum Gasteiger partial charge on any atom is 0.175 e. The second-order valence-electron chi connectivity index (χ2n) is 3.44. The Hall–Kier alpha value is -1.39. The van der Waals surface area contributed by atoms with Gasteiger partial charge in [-0.3, -0.25) is 0 Å². The average molecular weight is 265 g/mol. The summed E-state index contributed by atoms with van der Waals surface area (Å²) in [5.41, 5.74) is 1.80. The fourth-order valence-corrected chi connectivity index (χ4v) is 1.70. The maximum absolute atomic E-state index is 5.69. The van der Waals surface area contributed by atoms with Gasteiger partial charge in [0.2, 0.25) is 0 Å². The van der Waals surface area contributed by atoms with Crippen LogP contribution in [0.4, 0.5) is 5.69 Å². The molecular formula is C12H11ClN3S. The highest BCUT2D eigenvalue weighted by Gasteiger charge is 2.01. The van der Waals surface area contributed by atoms with Gasteiger partial charge in [0.15, 0.2) is 5.11 Å². The van der Waals surface area contributed by atoms with Crippen LogP contribution >= 0.6 is 23.8 Å². The number of nitrogens with one attached hydrogen (secondary N) is 2. The Morgan fingerprint density at radius 2 is 2.24 bits per heavy atom. The third kappa shape index (κ3) is 3.84. The van der Waals surface area contributed by atoms with Gasteiger partial charge in [0.25, 0.3) is 0 Å². The summed E-state index contributed by atoms with van der Waals surface area (Å²) in [5, 5.41) is 7.12. The number of pyridine rings is 1. The Bertz CT molecular complexity index is 465. The molecule has 0 fully saturated rings. The molecule has 0 amide bonds. The highest BCUT2D eigenvalue weighted by atomic mass is 35.5. The van der Waals surface area contributed by atoms with E-state index in [1.54, 1.807) is 12.3 Å². The number of hydrogen-bond acceptors (Lipinski definition) is 2. The van der Waals surface area contributed by atoms with Crippen LogP contribution in [0.3, 0.4) is 0 Å². The molecular weight excluding hydrogens is 254 g/mol. The number of rotatable bonds is 2. The maximum atomic E-state index is 5.69. The number of nitrogens with zero attached hydrogens (tertiary/aromatic N) is 1. The van der Waals surface area contributed by atoms with Gasteiger partial charge in [-0.2, -0.15) is 0 Å². The normalized spacial score (nSPS) is 14.1. The zero-order valence-corrected chi connectivity index (χ0v) is 10.6. The minimum atomic E-state index is 0.461. The van der Waals surface area contributed by atoms with Crippen LogP contribution in [0.1, 0.15) is 6.42 Å². The number of anilines is 1. The van der Waals surface area contributed by atoms with Crippen LogP contribution in [0, 0.1) is 6.42 Å². The molecule has 1 heterocycles. The van der Waals surface area contributed by atoms with Gasteiger partial charge in [-0.05, 0) is 43.3 Å². The van der Waals surface area contributed by atoms with Crippen molar-refractivity contribution in [3.8, 4) is 0 Å². The van der Waals surface area contributed by atoms with Gasteiger partial charge in [-0.1, -0.05) is 23.8 Å². The van der Waals surface area contributed by atoms with E-state index in [-0.39, 0.29) is 0 Å². The molecule has 1 aliphatic carbocycles. The molecule has 2 N–H and O–H groups in total. The van der Waals surface area contributed by atoms with E-state index in [1.807, 2.05) is 18.2 Å². The Labute approximate surface area is 111 Å². The summed E-state index contributed by atoms with van der Waals surface area (Å²) in [6, 6.07) is 3.53. The fraction of sp³-hybridized carbons (Fsp3) is 0.0833. The molecule has 1 aromatic heterocycles. The molecule has 0 atom stereocenters. The zero-order valence-electron chi connectivity index (χ0n) is 8.98. The van der Waals surface area contributed by atoms with Crippen molar-refractivity contribution in [1.29, 1.82) is 0 Å². The highest BCUT2D eigenvalue weighted by Crippen LogP contribution is 2.10. The second kappa shape index (κ2) is 5.80. The van der Waals surface area contributed by atoms with Crippen molar-refractivity contribution in [2.24, 2.45) is 0 Å². The Morgan fingerprint density at radius 3 is 2.88 bits per heavy atom. The summed E-state index contributed by atoms with van der Waals surface area (Å²) in [4.78, 5) is 3.96. The summed E-state index contributed by atoms with van der Waals surface area (Å²) in [7, 11) is 0. The highest BCUT2D eigenvalue weighted by molar-refractivity contribution is 7.80. The molecule has 87 valence electrons. The van der Waals surface area contributed by atoms with Gasteiger partial charge in [0, 0.05) is 5.70 Å². The van der Waals surface area contributed by atoms with Crippen LogP contribution in [-0.2, 0) is 0 Å². The number of halogens is 1. The molecule has 1 aromatic rings. The Morgan fingerprint density at radius 1 is 1.35 bits per heavy atom. The van der Waals surface area contributed by atoms with Crippen LogP contribution < -0.4 is 10.6 Å². The predicted molar refractivity (Wildman–Crippen MR) is 74.7 cm³/mol.